The quantitative estimate of drug-likeness (QED) is 0.727. The molecule has 2 aromatic carbocycles. The van der Waals surface area contributed by atoms with Crippen LogP contribution in [-0.2, 0) is 4.79 Å². The number of carboxylic acids is 1. The van der Waals surface area contributed by atoms with Crippen LogP contribution in [0.2, 0.25) is 5.02 Å². The van der Waals surface area contributed by atoms with Crippen LogP contribution in [0.1, 0.15) is 22.8 Å². The van der Waals surface area contributed by atoms with Crippen LogP contribution in [0.3, 0.4) is 0 Å². The molecule has 3 rings (SSSR count). The molecule has 27 heavy (non-hydrogen) atoms. The van der Waals surface area contributed by atoms with Crippen molar-refractivity contribution in [3.63, 3.8) is 0 Å². The molecule has 1 saturated heterocycles. The maximum absolute atomic E-state index is 12.3. The Hall–Kier alpha value is -2.77. The number of hydrogen-bond donors (Lipinski definition) is 2. The van der Waals surface area contributed by atoms with E-state index in [4.69, 9.17) is 16.3 Å². The predicted molar refractivity (Wildman–Crippen MR) is 107 cm³/mol. The first-order chi connectivity index (χ1) is 13.0. The van der Waals surface area contributed by atoms with Gasteiger partial charge < -0.3 is 15.2 Å². The van der Waals surface area contributed by atoms with Crippen LogP contribution in [0.5, 0.6) is 5.75 Å². The third-order valence-corrected chi connectivity index (χ3v) is 4.71. The number of rotatable bonds is 5. The fourth-order valence-corrected chi connectivity index (χ4v) is 3.29. The van der Waals surface area contributed by atoms with E-state index in [-0.39, 0.29) is 11.5 Å². The summed E-state index contributed by atoms with van der Waals surface area (Å²) < 4.78 is 5.53. The van der Waals surface area contributed by atoms with E-state index in [9.17, 15) is 14.7 Å². The second kappa shape index (κ2) is 8.28. The Morgan fingerprint density at radius 2 is 2.04 bits per heavy atom. The number of amides is 1. The molecule has 0 aromatic heterocycles. The highest BCUT2D eigenvalue weighted by molar-refractivity contribution is 8.18. The Morgan fingerprint density at radius 1 is 1.30 bits per heavy atom. The summed E-state index contributed by atoms with van der Waals surface area (Å²) in [6.45, 7) is 2.25. The van der Waals surface area contributed by atoms with Crippen molar-refractivity contribution in [2.45, 2.75) is 6.92 Å². The average Bonchev–Trinajstić information content (AvgIpc) is 2.97. The van der Waals surface area contributed by atoms with E-state index in [0.29, 0.717) is 38.7 Å². The van der Waals surface area contributed by atoms with Gasteiger partial charge in [-0.15, -0.1) is 0 Å². The molecule has 6 nitrogen and oxygen atoms in total. The van der Waals surface area contributed by atoms with Gasteiger partial charge in [0.2, 0.25) is 0 Å². The molecule has 8 heteroatoms. The number of nitrogens with zero attached hydrogens (tertiary/aromatic N) is 1. The molecule has 0 unspecified atom stereocenters. The minimum Gasteiger partial charge on any atom is -0.493 e. The zero-order chi connectivity index (χ0) is 19.4. The van der Waals surface area contributed by atoms with Crippen LogP contribution in [0.25, 0.3) is 6.08 Å². The monoisotopic (exact) mass is 402 g/mol. The summed E-state index contributed by atoms with van der Waals surface area (Å²) in [5.74, 6) is -0.853. The van der Waals surface area contributed by atoms with Crippen LogP contribution in [-0.4, -0.2) is 28.8 Å². The topological polar surface area (TPSA) is 88.0 Å². The zero-order valence-electron chi connectivity index (χ0n) is 14.2. The molecule has 0 spiro atoms. The lowest BCUT2D eigenvalue weighted by Crippen LogP contribution is -2.19. The van der Waals surface area contributed by atoms with Crippen molar-refractivity contribution in [1.82, 2.24) is 5.32 Å². The van der Waals surface area contributed by atoms with Gasteiger partial charge in [-0.3, -0.25) is 4.79 Å². The number of amidine groups is 1. The minimum absolute atomic E-state index is 0.115. The first-order valence-corrected chi connectivity index (χ1v) is 9.21. The second-order valence-corrected chi connectivity index (χ2v) is 6.92. The normalized spacial score (nSPS) is 16.6. The number of hydrogen-bond acceptors (Lipinski definition) is 5. The first kappa shape index (κ1) is 19.0. The van der Waals surface area contributed by atoms with Crippen LogP contribution in [0, 0.1) is 0 Å². The fraction of sp³-hybridized carbons (Fsp3) is 0.105. The Labute approximate surface area is 164 Å². The number of carbonyl (C=O) groups excluding carboxylic acids is 1. The SMILES string of the molecule is CCOc1ccc(C(=O)O)cc1/C=C1\SC(=Nc2ccc(Cl)cc2)NC1=O. The van der Waals surface area contributed by atoms with Crippen LogP contribution in [0.15, 0.2) is 52.4 Å². The minimum atomic E-state index is -1.05. The predicted octanol–water partition coefficient (Wildman–Crippen LogP) is 4.33. The van der Waals surface area contributed by atoms with E-state index >= 15 is 0 Å². The second-order valence-electron chi connectivity index (χ2n) is 5.45. The Balaban J connectivity index is 1.90. The van der Waals surface area contributed by atoms with E-state index in [1.54, 1.807) is 36.4 Å². The van der Waals surface area contributed by atoms with Gasteiger partial charge in [-0.05, 0) is 67.2 Å². The fourth-order valence-electron chi connectivity index (χ4n) is 2.34. The number of aliphatic imine (C=N–C) groups is 1. The smallest absolute Gasteiger partial charge is 0.335 e. The van der Waals surface area contributed by atoms with Crippen molar-refractivity contribution < 1.29 is 19.4 Å². The summed E-state index contributed by atoms with van der Waals surface area (Å²) >= 11 is 7.02. The maximum atomic E-state index is 12.3. The van der Waals surface area contributed by atoms with E-state index < -0.39 is 5.97 Å². The molecular weight excluding hydrogens is 388 g/mol. The highest BCUT2D eigenvalue weighted by Gasteiger charge is 2.24. The van der Waals surface area contributed by atoms with Gasteiger partial charge >= 0.3 is 5.97 Å². The Morgan fingerprint density at radius 3 is 2.70 bits per heavy atom. The molecule has 0 saturated carbocycles. The standard InChI is InChI=1S/C19H15ClN2O4S/c1-2-26-15-8-3-11(18(24)25)9-12(15)10-16-17(23)22-19(27-16)21-14-6-4-13(20)5-7-14/h3-10H,2H2,1H3,(H,24,25)(H,21,22,23)/b16-10-. The van der Waals surface area contributed by atoms with Gasteiger partial charge in [-0.2, -0.15) is 0 Å². The number of carboxylic acid groups (broad SMARTS) is 1. The van der Waals surface area contributed by atoms with E-state index in [1.165, 1.54) is 23.9 Å². The summed E-state index contributed by atoms with van der Waals surface area (Å²) in [6, 6.07) is 11.4. The van der Waals surface area contributed by atoms with Crippen molar-refractivity contribution in [3.05, 3.63) is 63.5 Å². The number of halogens is 1. The lowest BCUT2D eigenvalue weighted by atomic mass is 10.1. The number of benzene rings is 2. The number of ether oxygens (including phenoxy) is 1. The van der Waals surface area contributed by atoms with Crippen molar-refractivity contribution in [2.24, 2.45) is 4.99 Å². The molecular formula is C19H15ClN2O4S. The summed E-state index contributed by atoms with van der Waals surface area (Å²) in [5.41, 5.74) is 1.29. The summed E-state index contributed by atoms with van der Waals surface area (Å²) in [5, 5.41) is 12.9. The molecule has 138 valence electrons. The Kier molecular flexibility index (Phi) is 5.83. The molecule has 0 aliphatic carbocycles. The van der Waals surface area contributed by atoms with Gasteiger partial charge in [0, 0.05) is 10.6 Å². The van der Waals surface area contributed by atoms with Crippen LogP contribution in [0.4, 0.5) is 5.69 Å². The van der Waals surface area contributed by atoms with Gasteiger partial charge in [-0.25, -0.2) is 9.79 Å². The summed E-state index contributed by atoms with van der Waals surface area (Å²) in [4.78, 5) is 28.3. The molecule has 2 N–H and O–H groups in total. The number of carbonyl (C=O) groups is 2. The molecule has 1 aliphatic rings. The molecule has 1 aliphatic heterocycles. The Bertz CT molecular complexity index is 955. The van der Waals surface area contributed by atoms with Crippen LogP contribution >= 0.6 is 23.4 Å². The highest BCUT2D eigenvalue weighted by atomic mass is 35.5. The average molecular weight is 403 g/mol. The van der Waals surface area contributed by atoms with Crippen molar-refractivity contribution in [3.8, 4) is 5.75 Å². The van der Waals surface area contributed by atoms with Gasteiger partial charge in [0.25, 0.3) is 5.91 Å². The molecule has 1 heterocycles. The number of thioether (sulfide) groups is 1. The van der Waals surface area contributed by atoms with Crippen molar-refractivity contribution in [1.29, 1.82) is 0 Å². The summed E-state index contributed by atoms with van der Waals surface area (Å²) in [7, 11) is 0. The lowest BCUT2D eigenvalue weighted by molar-refractivity contribution is -0.115. The van der Waals surface area contributed by atoms with Gasteiger partial charge in [0.15, 0.2) is 5.17 Å². The van der Waals surface area contributed by atoms with Crippen molar-refractivity contribution >= 4 is 52.2 Å². The number of aromatic carboxylic acids is 1. The third kappa shape index (κ3) is 4.69. The van der Waals surface area contributed by atoms with Gasteiger partial charge in [-0.1, -0.05) is 11.6 Å². The largest absolute Gasteiger partial charge is 0.493 e. The highest BCUT2D eigenvalue weighted by Crippen LogP contribution is 2.31. The van der Waals surface area contributed by atoms with E-state index in [2.05, 4.69) is 10.3 Å². The lowest BCUT2D eigenvalue weighted by Gasteiger charge is -2.08. The van der Waals surface area contributed by atoms with E-state index in [0.717, 1.165) is 0 Å². The zero-order valence-corrected chi connectivity index (χ0v) is 15.8. The molecule has 0 radical (unpaired) electrons. The molecule has 1 fully saturated rings. The molecule has 1 amide bonds. The third-order valence-electron chi connectivity index (χ3n) is 3.55. The maximum Gasteiger partial charge on any atom is 0.335 e. The number of nitrogens with one attached hydrogen (secondary N) is 1. The molecule has 0 bridgehead atoms. The van der Waals surface area contributed by atoms with Crippen molar-refractivity contribution in [2.75, 3.05) is 6.61 Å². The first-order valence-electron chi connectivity index (χ1n) is 8.01. The van der Waals surface area contributed by atoms with E-state index in [1.807, 2.05) is 6.92 Å². The van der Waals surface area contributed by atoms with Gasteiger partial charge in [0.1, 0.15) is 5.75 Å². The summed E-state index contributed by atoms with van der Waals surface area (Å²) in [6.07, 6.45) is 1.60. The van der Waals surface area contributed by atoms with Gasteiger partial charge in [0.05, 0.1) is 22.8 Å². The van der Waals surface area contributed by atoms with Crippen LogP contribution < -0.4 is 10.1 Å². The molecule has 2 aromatic rings. The molecule has 0 atom stereocenters.